The molecule has 0 saturated heterocycles. The molecule has 70 valence electrons. The molecule has 13 heavy (non-hydrogen) atoms. The smallest absolute Gasteiger partial charge is 0.0228 e. The highest BCUT2D eigenvalue weighted by molar-refractivity contribution is 5.55. The van der Waals surface area contributed by atoms with Crippen molar-refractivity contribution in [1.82, 2.24) is 0 Å². The summed E-state index contributed by atoms with van der Waals surface area (Å²) in [4.78, 5) is 0. The molecule has 0 N–H and O–H groups in total. The first-order valence-corrected chi connectivity index (χ1v) is 4.98. The standard InChI is InChI=1S/C13H18/c1-4-5-6-9-13-10-7-8-11(2)12(13)3/h6-10H,4-5H2,1-3H3. The van der Waals surface area contributed by atoms with Crippen LogP contribution in [0.3, 0.4) is 0 Å². The zero-order valence-corrected chi connectivity index (χ0v) is 8.80. The van der Waals surface area contributed by atoms with E-state index in [9.17, 15) is 0 Å². The van der Waals surface area contributed by atoms with Crippen molar-refractivity contribution in [1.29, 1.82) is 0 Å². The van der Waals surface area contributed by atoms with Crippen molar-refractivity contribution < 1.29 is 0 Å². The number of hydrogen-bond acceptors (Lipinski definition) is 0. The van der Waals surface area contributed by atoms with Crippen LogP contribution in [0.4, 0.5) is 0 Å². The van der Waals surface area contributed by atoms with Crippen LogP contribution in [-0.2, 0) is 0 Å². The fourth-order valence-electron chi connectivity index (χ4n) is 1.33. The van der Waals surface area contributed by atoms with Gasteiger partial charge in [-0.15, -0.1) is 0 Å². The second-order valence-electron chi connectivity index (χ2n) is 3.48. The maximum Gasteiger partial charge on any atom is -0.0228 e. The average Bonchev–Trinajstić information content (AvgIpc) is 2.13. The Hall–Kier alpha value is -1.04. The van der Waals surface area contributed by atoms with Gasteiger partial charge in [-0.05, 0) is 37.0 Å². The normalized spacial score (nSPS) is 11.0. The van der Waals surface area contributed by atoms with Crippen LogP contribution in [0.1, 0.15) is 36.5 Å². The Labute approximate surface area is 81.3 Å². The lowest BCUT2D eigenvalue weighted by molar-refractivity contribution is 0.962. The fraction of sp³-hybridized carbons (Fsp3) is 0.385. The fourth-order valence-corrected chi connectivity index (χ4v) is 1.33. The summed E-state index contributed by atoms with van der Waals surface area (Å²) in [5.74, 6) is 0. The van der Waals surface area contributed by atoms with Crippen LogP contribution < -0.4 is 0 Å². The summed E-state index contributed by atoms with van der Waals surface area (Å²) >= 11 is 0. The third-order valence-corrected chi connectivity index (χ3v) is 2.40. The summed E-state index contributed by atoms with van der Waals surface area (Å²) in [5.41, 5.74) is 4.13. The van der Waals surface area contributed by atoms with Crippen LogP contribution in [-0.4, -0.2) is 0 Å². The third kappa shape index (κ3) is 2.73. The third-order valence-electron chi connectivity index (χ3n) is 2.40. The second kappa shape index (κ2) is 4.86. The number of hydrogen-bond donors (Lipinski definition) is 0. The summed E-state index contributed by atoms with van der Waals surface area (Å²) in [6.45, 7) is 6.54. The van der Waals surface area contributed by atoms with E-state index in [2.05, 4.69) is 51.1 Å². The number of rotatable bonds is 3. The minimum absolute atomic E-state index is 1.17. The van der Waals surface area contributed by atoms with Crippen molar-refractivity contribution in [2.24, 2.45) is 0 Å². The zero-order valence-electron chi connectivity index (χ0n) is 8.80. The Morgan fingerprint density at radius 1 is 1.23 bits per heavy atom. The first-order valence-electron chi connectivity index (χ1n) is 4.98. The second-order valence-corrected chi connectivity index (χ2v) is 3.48. The molecule has 0 radical (unpaired) electrons. The molecule has 0 aliphatic rings. The molecule has 0 amide bonds. The van der Waals surface area contributed by atoms with Crippen molar-refractivity contribution in [2.75, 3.05) is 0 Å². The van der Waals surface area contributed by atoms with Gasteiger partial charge in [-0.25, -0.2) is 0 Å². The van der Waals surface area contributed by atoms with E-state index in [4.69, 9.17) is 0 Å². The van der Waals surface area contributed by atoms with Crippen LogP contribution in [0.2, 0.25) is 0 Å². The van der Waals surface area contributed by atoms with Crippen LogP contribution in [0.25, 0.3) is 6.08 Å². The Balaban J connectivity index is 2.83. The van der Waals surface area contributed by atoms with E-state index in [0.717, 1.165) is 0 Å². The zero-order chi connectivity index (χ0) is 9.68. The molecule has 0 bridgehead atoms. The lowest BCUT2D eigenvalue weighted by atomic mass is 10.0. The van der Waals surface area contributed by atoms with Gasteiger partial charge < -0.3 is 0 Å². The molecule has 0 saturated carbocycles. The molecule has 0 atom stereocenters. The van der Waals surface area contributed by atoms with Crippen molar-refractivity contribution in [2.45, 2.75) is 33.6 Å². The van der Waals surface area contributed by atoms with E-state index >= 15 is 0 Å². The molecule has 0 spiro atoms. The van der Waals surface area contributed by atoms with Gasteiger partial charge in [0.2, 0.25) is 0 Å². The Morgan fingerprint density at radius 3 is 2.69 bits per heavy atom. The molecular formula is C13H18. The lowest BCUT2D eigenvalue weighted by Gasteiger charge is -2.03. The minimum Gasteiger partial charge on any atom is -0.0839 e. The van der Waals surface area contributed by atoms with E-state index in [1.807, 2.05) is 0 Å². The Morgan fingerprint density at radius 2 is 2.00 bits per heavy atom. The van der Waals surface area contributed by atoms with Gasteiger partial charge in [-0.1, -0.05) is 43.7 Å². The quantitative estimate of drug-likeness (QED) is 0.646. The van der Waals surface area contributed by atoms with Crippen LogP contribution in [0, 0.1) is 13.8 Å². The lowest BCUT2D eigenvalue weighted by Crippen LogP contribution is -1.84. The van der Waals surface area contributed by atoms with Crippen molar-refractivity contribution in [3.63, 3.8) is 0 Å². The molecule has 0 aliphatic heterocycles. The van der Waals surface area contributed by atoms with Crippen molar-refractivity contribution in [3.05, 3.63) is 41.0 Å². The van der Waals surface area contributed by atoms with Crippen LogP contribution in [0.5, 0.6) is 0 Å². The van der Waals surface area contributed by atoms with E-state index in [0.29, 0.717) is 0 Å². The number of aryl methyl sites for hydroxylation is 1. The Kier molecular flexibility index (Phi) is 3.75. The first kappa shape index (κ1) is 10.0. The van der Waals surface area contributed by atoms with Gasteiger partial charge in [-0.2, -0.15) is 0 Å². The molecule has 1 aromatic rings. The summed E-state index contributed by atoms with van der Waals surface area (Å²) in [6.07, 6.45) is 6.88. The average molecular weight is 174 g/mol. The van der Waals surface area contributed by atoms with Crippen LogP contribution >= 0.6 is 0 Å². The van der Waals surface area contributed by atoms with Gasteiger partial charge in [0.05, 0.1) is 0 Å². The molecule has 0 aliphatic carbocycles. The topological polar surface area (TPSA) is 0 Å². The van der Waals surface area contributed by atoms with Gasteiger partial charge in [0.1, 0.15) is 0 Å². The van der Waals surface area contributed by atoms with Crippen LogP contribution in [0.15, 0.2) is 24.3 Å². The predicted molar refractivity (Wildman–Crippen MR) is 59.9 cm³/mol. The highest BCUT2D eigenvalue weighted by Crippen LogP contribution is 2.14. The number of allylic oxidation sites excluding steroid dienone is 1. The highest BCUT2D eigenvalue weighted by Gasteiger charge is 1.95. The number of unbranched alkanes of at least 4 members (excludes halogenated alkanes) is 1. The molecule has 1 rings (SSSR count). The first-order chi connectivity index (χ1) is 6.25. The molecule has 0 fully saturated rings. The molecule has 0 heteroatoms. The maximum atomic E-state index is 2.25. The van der Waals surface area contributed by atoms with Gasteiger partial charge in [0, 0.05) is 0 Å². The Bertz CT molecular complexity index is 295. The summed E-state index contributed by atoms with van der Waals surface area (Å²) < 4.78 is 0. The predicted octanol–water partition coefficient (Wildman–Crippen LogP) is 4.12. The molecule has 1 aromatic carbocycles. The van der Waals surface area contributed by atoms with Gasteiger partial charge >= 0.3 is 0 Å². The van der Waals surface area contributed by atoms with Gasteiger partial charge in [0.15, 0.2) is 0 Å². The largest absolute Gasteiger partial charge is 0.0839 e. The molecular weight excluding hydrogens is 156 g/mol. The van der Waals surface area contributed by atoms with E-state index < -0.39 is 0 Å². The summed E-state index contributed by atoms with van der Waals surface area (Å²) in [5, 5.41) is 0. The highest BCUT2D eigenvalue weighted by atomic mass is 14.0. The molecule has 0 unspecified atom stereocenters. The molecule has 0 nitrogen and oxygen atoms in total. The molecule has 0 aromatic heterocycles. The number of benzene rings is 1. The summed E-state index contributed by atoms with van der Waals surface area (Å²) in [6, 6.07) is 6.45. The monoisotopic (exact) mass is 174 g/mol. The van der Waals surface area contributed by atoms with E-state index in [-0.39, 0.29) is 0 Å². The minimum atomic E-state index is 1.17. The SMILES string of the molecule is CCCC=Cc1cccc(C)c1C. The molecule has 0 heterocycles. The van der Waals surface area contributed by atoms with Gasteiger partial charge in [-0.3, -0.25) is 0 Å². The van der Waals surface area contributed by atoms with Gasteiger partial charge in [0.25, 0.3) is 0 Å². The van der Waals surface area contributed by atoms with E-state index in [1.54, 1.807) is 0 Å². The van der Waals surface area contributed by atoms with Crippen molar-refractivity contribution in [3.8, 4) is 0 Å². The van der Waals surface area contributed by atoms with Crippen molar-refractivity contribution >= 4 is 6.08 Å². The maximum absolute atomic E-state index is 2.25. The van der Waals surface area contributed by atoms with E-state index in [1.165, 1.54) is 29.5 Å². The summed E-state index contributed by atoms with van der Waals surface area (Å²) in [7, 11) is 0.